The van der Waals surface area contributed by atoms with E-state index in [1.54, 1.807) is 31.2 Å². The zero-order valence-electron chi connectivity index (χ0n) is 13.1. The molecule has 0 fully saturated rings. The molecule has 0 aliphatic rings. The van der Waals surface area contributed by atoms with Crippen molar-refractivity contribution in [2.45, 2.75) is 18.1 Å². The van der Waals surface area contributed by atoms with Crippen LogP contribution in [0.4, 0.5) is 0 Å². The third-order valence-corrected chi connectivity index (χ3v) is 5.09. The van der Waals surface area contributed by atoms with Crippen molar-refractivity contribution >= 4 is 26.8 Å². The number of nitrogens with one attached hydrogen (secondary N) is 2. The summed E-state index contributed by atoms with van der Waals surface area (Å²) in [4.78, 5) is 18.9. The normalized spacial score (nSPS) is 12.9. The number of carbonyl (C=O) groups excluding carboxylic acids is 1. The topological polar surface area (TPSA) is 91.9 Å². The SMILES string of the molecule is C[C@H](NC(=O)CS(=O)(=O)c1nc2ccccc2[nH]1)c1ccccc1. The van der Waals surface area contributed by atoms with E-state index in [1.165, 1.54) is 0 Å². The van der Waals surface area contributed by atoms with E-state index in [1.807, 2.05) is 30.3 Å². The van der Waals surface area contributed by atoms with Gasteiger partial charge in [0.25, 0.3) is 0 Å². The number of fused-ring (bicyclic) bond motifs is 1. The molecule has 124 valence electrons. The molecular formula is C17H17N3O3S. The molecule has 2 aromatic carbocycles. The second-order valence-electron chi connectivity index (χ2n) is 5.52. The van der Waals surface area contributed by atoms with Crippen LogP contribution >= 0.6 is 0 Å². The number of aromatic amines is 1. The number of sulfone groups is 1. The first-order valence-electron chi connectivity index (χ1n) is 7.47. The maximum atomic E-state index is 12.4. The molecule has 0 aliphatic carbocycles. The summed E-state index contributed by atoms with van der Waals surface area (Å²) < 4.78 is 24.8. The van der Waals surface area contributed by atoms with Crippen molar-refractivity contribution in [3.05, 3.63) is 60.2 Å². The van der Waals surface area contributed by atoms with E-state index in [0.29, 0.717) is 11.0 Å². The van der Waals surface area contributed by atoms with Crippen LogP contribution in [0.5, 0.6) is 0 Å². The maximum absolute atomic E-state index is 12.4. The van der Waals surface area contributed by atoms with Crippen LogP contribution in [0.15, 0.2) is 59.8 Å². The fraction of sp³-hybridized carbons (Fsp3) is 0.176. The molecular weight excluding hydrogens is 326 g/mol. The first kappa shape index (κ1) is 16.2. The number of amides is 1. The zero-order valence-corrected chi connectivity index (χ0v) is 13.9. The molecule has 0 saturated carbocycles. The summed E-state index contributed by atoms with van der Waals surface area (Å²) in [6.45, 7) is 1.81. The Morgan fingerprint density at radius 3 is 2.50 bits per heavy atom. The highest BCUT2D eigenvalue weighted by Gasteiger charge is 2.24. The van der Waals surface area contributed by atoms with E-state index in [2.05, 4.69) is 15.3 Å². The lowest BCUT2D eigenvalue weighted by atomic mass is 10.1. The highest BCUT2D eigenvalue weighted by Crippen LogP contribution is 2.16. The predicted molar refractivity (Wildman–Crippen MR) is 91.1 cm³/mol. The molecule has 24 heavy (non-hydrogen) atoms. The van der Waals surface area contributed by atoms with Gasteiger partial charge in [-0.1, -0.05) is 42.5 Å². The number of hydrogen-bond acceptors (Lipinski definition) is 4. The number of para-hydroxylation sites is 2. The minimum Gasteiger partial charge on any atom is -0.349 e. The molecule has 0 unspecified atom stereocenters. The molecule has 0 radical (unpaired) electrons. The molecule has 0 aliphatic heterocycles. The van der Waals surface area contributed by atoms with E-state index < -0.39 is 21.5 Å². The van der Waals surface area contributed by atoms with Crippen molar-refractivity contribution in [3.8, 4) is 0 Å². The van der Waals surface area contributed by atoms with Crippen LogP contribution in [0.3, 0.4) is 0 Å². The third kappa shape index (κ3) is 3.46. The quantitative estimate of drug-likeness (QED) is 0.743. The Bertz CT molecular complexity index is 932. The number of benzene rings is 2. The second kappa shape index (κ2) is 6.45. The van der Waals surface area contributed by atoms with Crippen LogP contribution in [0.2, 0.25) is 0 Å². The van der Waals surface area contributed by atoms with Crippen LogP contribution in [0.25, 0.3) is 11.0 Å². The van der Waals surface area contributed by atoms with Gasteiger partial charge in [-0.05, 0) is 24.6 Å². The molecule has 1 amide bonds. The van der Waals surface area contributed by atoms with Crippen LogP contribution in [-0.4, -0.2) is 30.0 Å². The van der Waals surface area contributed by atoms with Crippen molar-refractivity contribution < 1.29 is 13.2 Å². The summed E-state index contributed by atoms with van der Waals surface area (Å²) >= 11 is 0. The van der Waals surface area contributed by atoms with Gasteiger partial charge < -0.3 is 10.3 Å². The van der Waals surface area contributed by atoms with Crippen molar-refractivity contribution in [2.24, 2.45) is 0 Å². The standard InChI is InChI=1S/C17H17N3O3S/c1-12(13-7-3-2-4-8-13)18-16(21)11-24(22,23)17-19-14-9-5-6-10-15(14)20-17/h2-10,12H,11H2,1H3,(H,18,21)(H,19,20)/t12-/m0/s1. The summed E-state index contributed by atoms with van der Waals surface area (Å²) in [7, 11) is -3.83. The van der Waals surface area contributed by atoms with E-state index in [4.69, 9.17) is 0 Å². The summed E-state index contributed by atoms with van der Waals surface area (Å²) in [5.41, 5.74) is 2.08. The van der Waals surface area contributed by atoms with Gasteiger partial charge in [0.1, 0.15) is 5.75 Å². The van der Waals surface area contributed by atoms with E-state index in [9.17, 15) is 13.2 Å². The van der Waals surface area contributed by atoms with Gasteiger partial charge in [0.05, 0.1) is 17.1 Å². The molecule has 3 rings (SSSR count). The second-order valence-corrected chi connectivity index (χ2v) is 7.42. The number of H-pyrrole nitrogens is 1. The predicted octanol–water partition coefficient (Wildman–Crippen LogP) is 2.21. The highest BCUT2D eigenvalue weighted by atomic mass is 32.2. The highest BCUT2D eigenvalue weighted by molar-refractivity contribution is 7.91. The van der Waals surface area contributed by atoms with Gasteiger partial charge in [0.15, 0.2) is 0 Å². The number of nitrogens with zero attached hydrogens (tertiary/aromatic N) is 1. The molecule has 1 heterocycles. The summed E-state index contributed by atoms with van der Waals surface area (Å²) in [5.74, 6) is -1.21. The minimum atomic E-state index is -3.83. The molecule has 3 aromatic rings. The van der Waals surface area contributed by atoms with E-state index in [0.717, 1.165) is 5.56 Å². The largest absolute Gasteiger partial charge is 0.349 e. The number of aromatic nitrogens is 2. The maximum Gasteiger partial charge on any atom is 0.236 e. The molecule has 1 aromatic heterocycles. The molecule has 0 spiro atoms. The van der Waals surface area contributed by atoms with Gasteiger partial charge >= 0.3 is 0 Å². The molecule has 0 bridgehead atoms. The Hall–Kier alpha value is -2.67. The number of imidazole rings is 1. The summed E-state index contributed by atoms with van der Waals surface area (Å²) in [6, 6.07) is 16.1. The van der Waals surface area contributed by atoms with Gasteiger partial charge in [0, 0.05) is 0 Å². The van der Waals surface area contributed by atoms with Crippen molar-refractivity contribution in [1.82, 2.24) is 15.3 Å². The van der Waals surface area contributed by atoms with Crippen molar-refractivity contribution in [2.75, 3.05) is 5.75 Å². The fourth-order valence-corrected chi connectivity index (χ4v) is 3.49. The average Bonchev–Trinajstić information content (AvgIpc) is 3.00. The third-order valence-electron chi connectivity index (χ3n) is 3.66. The first-order chi connectivity index (χ1) is 11.5. The van der Waals surface area contributed by atoms with Crippen molar-refractivity contribution in [3.63, 3.8) is 0 Å². The number of rotatable bonds is 5. The number of carbonyl (C=O) groups is 1. The molecule has 2 N–H and O–H groups in total. The van der Waals surface area contributed by atoms with Crippen LogP contribution in [0.1, 0.15) is 18.5 Å². The zero-order chi connectivity index (χ0) is 17.2. The van der Waals surface area contributed by atoms with Gasteiger partial charge in [-0.3, -0.25) is 4.79 Å². The van der Waals surface area contributed by atoms with Crippen molar-refractivity contribution in [1.29, 1.82) is 0 Å². The van der Waals surface area contributed by atoms with Crippen LogP contribution in [-0.2, 0) is 14.6 Å². The molecule has 7 heteroatoms. The van der Waals surface area contributed by atoms with Gasteiger partial charge in [0.2, 0.25) is 20.9 Å². The van der Waals surface area contributed by atoms with E-state index >= 15 is 0 Å². The Labute approximate surface area is 139 Å². The molecule has 0 saturated heterocycles. The van der Waals surface area contributed by atoms with E-state index in [-0.39, 0.29) is 11.2 Å². The lowest BCUT2D eigenvalue weighted by Crippen LogP contribution is -2.32. The summed E-state index contributed by atoms with van der Waals surface area (Å²) in [5, 5.41) is 2.51. The summed E-state index contributed by atoms with van der Waals surface area (Å²) in [6.07, 6.45) is 0. The van der Waals surface area contributed by atoms with Crippen LogP contribution < -0.4 is 5.32 Å². The molecule has 1 atom stereocenters. The fourth-order valence-electron chi connectivity index (χ4n) is 2.43. The van der Waals surface area contributed by atoms with Crippen LogP contribution in [0, 0.1) is 0 Å². The average molecular weight is 343 g/mol. The Morgan fingerprint density at radius 2 is 1.79 bits per heavy atom. The first-order valence-corrected chi connectivity index (χ1v) is 9.13. The smallest absolute Gasteiger partial charge is 0.236 e. The Kier molecular flexibility index (Phi) is 4.35. The number of hydrogen-bond donors (Lipinski definition) is 2. The molecule has 6 nitrogen and oxygen atoms in total. The lowest BCUT2D eigenvalue weighted by molar-refractivity contribution is -0.119. The van der Waals surface area contributed by atoms with Gasteiger partial charge in [-0.15, -0.1) is 0 Å². The lowest BCUT2D eigenvalue weighted by Gasteiger charge is -2.13. The van der Waals surface area contributed by atoms with Gasteiger partial charge in [-0.25, -0.2) is 13.4 Å². The Balaban J connectivity index is 1.73. The minimum absolute atomic E-state index is 0.189. The Morgan fingerprint density at radius 1 is 1.12 bits per heavy atom. The van der Waals surface area contributed by atoms with Gasteiger partial charge in [-0.2, -0.15) is 0 Å². The monoisotopic (exact) mass is 343 g/mol.